The van der Waals surface area contributed by atoms with Gasteiger partial charge < -0.3 is 20.3 Å². The Morgan fingerprint density at radius 1 is 1.00 bits per heavy atom. The Labute approximate surface area is 233 Å². The minimum Gasteiger partial charge on any atom is -0.457 e. The van der Waals surface area contributed by atoms with Crippen molar-refractivity contribution >= 4 is 22.9 Å². The van der Waals surface area contributed by atoms with Crippen molar-refractivity contribution in [3.63, 3.8) is 0 Å². The molecule has 4 aromatic rings. The number of aromatic nitrogens is 4. The summed E-state index contributed by atoms with van der Waals surface area (Å²) in [6.07, 6.45) is 7.99. The van der Waals surface area contributed by atoms with Crippen molar-refractivity contribution in [2.75, 3.05) is 33.4 Å². The first-order valence-corrected chi connectivity index (χ1v) is 13.5. The number of rotatable bonds is 8. The third-order valence-electron chi connectivity index (χ3n) is 7.41. The van der Waals surface area contributed by atoms with Gasteiger partial charge in [0, 0.05) is 31.8 Å². The van der Waals surface area contributed by atoms with Gasteiger partial charge in [-0.15, -0.1) is 0 Å². The van der Waals surface area contributed by atoms with E-state index in [2.05, 4.69) is 9.97 Å². The Morgan fingerprint density at radius 2 is 1.68 bits per heavy atom. The number of nitrogens with zero attached hydrogens (tertiary/aromatic N) is 6. The number of imidazole rings is 1. The average molecular weight is 542 g/mol. The van der Waals surface area contributed by atoms with Crippen molar-refractivity contribution in [1.82, 2.24) is 28.9 Å². The van der Waals surface area contributed by atoms with Gasteiger partial charge in [0.1, 0.15) is 23.3 Å². The molecule has 2 heterocycles. The fourth-order valence-corrected chi connectivity index (χ4v) is 5.29. The van der Waals surface area contributed by atoms with Gasteiger partial charge in [0.2, 0.25) is 5.91 Å². The van der Waals surface area contributed by atoms with Gasteiger partial charge in [0.25, 0.3) is 0 Å². The molecule has 208 valence electrons. The number of fused-ring (bicyclic) bond motifs is 1. The Balaban J connectivity index is 1.38. The molecule has 1 fully saturated rings. The zero-order valence-electron chi connectivity index (χ0n) is 23.1. The number of benzene rings is 2. The van der Waals surface area contributed by atoms with E-state index in [-0.39, 0.29) is 29.5 Å². The van der Waals surface area contributed by atoms with Crippen LogP contribution in [-0.4, -0.2) is 68.5 Å². The van der Waals surface area contributed by atoms with Crippen LogP contribution in [0.3, 0.4) is 0 Å². The Bertz CT molecular complexity index is 1550. The van der Waals surface area contributed by atoms with E-state index >= 15 is 0 Å². The van der Waals surface area contributed by atoms with E-state index in [1.54, 1.807) is 15.2 Å². The van der Waals surface area contributed by atoms with Gasteiger partial charge >= 0.3 is 5.69 Å². The summed E-state index contributed by atoms with van der Waals surface area (Å²) in [4.78, 5) is 39.0. The second kappa shape index (κ2) is 11.7. The minimum absolute atomic E-state index is 0.000671. The SMILES string of the molecule is CN(C)C/C=C/C(=O)N(C)[C@H]1CC[C@H](n2c(=O)n(-c3ccc(Oc4ccccc4)cc3)c3c(N)ncnc32)CC1. The highest BCUT2D eigenvalue weighted by Crippen LogP contribution is 2.33. The van der Waals surface area contributed by atoms with Gasteiger partial charge in [-0.3, -0.25) is 13.9 Å². The molecule has 1 aliphatic rings. The summed E-state index contributed by atoms with van der Waals surface area (Å²) in [6.45, 7) is 0.715. The van der Waals surface area contributed by atoms with Gasteiger partial charge in [-0.05, 0) is 76.2 Å². The number of nitrogen functional groups attached to an aromatic ring is 1. The van der Waals surface area contributed by atoms with Crippen molar-refractivity contribution in [2.45, 2.75) is 37.8 Å². The van der Waals surface area contributed by atoms with Crippen LogP contribution in [-0.2, 0) is 4.79 Å². The molecule has 0 bridgehead atoms. The Kier molecular flexibility index (Phi) is 7.97. The molecule has 1 saturated carbocycles. The number of amides is 1. The predicted octanol–water partition coefficient (Wildman–Crippen LogP) is 4.02. The topological polar surface area (TPSA) is 112 Å². The van der Waals surface area contributed by atoms with Crippen LogP contribution in [0.4, 0.5) is 5.82 Å². The predicted molar refractivity (Wildman–Crippen MR) is 156 cm³/mol. The molecule has 0 saturated heterocycles. The molecule has 2 aromatic carbocycles. The van der Waals surface area contributed by atoms with Crippen LogP contribution in [0.1, 0.15) is 31.7 Å². The van der Waals surface area contributed by atoms with Crippen LogP contribution in [0, 0.1) is 0 Å². The summed E-state index contributed by atoms with van der Waals surface area (Å²) >= 11 is 0. The van der Waals surface area contributed by atoms with Crippen LogP contribution >= 0.6 is 0 Å². The fourth-order valence-electron chi connectivity index (χ4n) is 5.29. The van der Waals surface area contributed by atoms with E-state index in [1.165, 1.54) is 6.33 Å². The molecule has 0 atom stereocenters. The fraction of sp³-hybridized carbons (Fsp3) is 0.333. The highest BCUT2D eigenvalue weighted by molar-refractivity contribution is 5.87. The zero-order valence-corrected chi connectivity index (χ0v) is 23.1. The van der Waals surface area contributed by atoms with E-state index in [1.807, 2.05) is 91.6 Å². The molecule has 10 nitrogen and oxygen atoms in total. The molecule has 5 rings (SSSR count). The molecule has 10 heteroatoms. The van der Waals surface area contributed by atoms with Gasteiger partial charge in [0.05, 0.1) is 5.69 Å². The number of nitrogens with two attached hydrogens (primary N) is 1. The molecule has 2 N–H and O–H groups in total. The minimum atomic E-state index is -0.210. The smallest absolute Gasteiger partial charge is 0.335 e. The van der Waals surface area contributed by atoms with Crippen molar-refractivity contribution in [3.05, 3.63) is 83.6 Å². The van der Waals surface area contributed by atoms with E-state index in [0.717, 1.165) is 31.4 Å². The molecule has 0 unspecified atom stereocenters. The lowest BCUT2D eigenvalue weighted by Crippen LogP contribution is -2.40. The van der Waals surface area contributed by atoms with Crippen LogP contribution in [0.25, 0.3) is 16.9 Å². The van der Waals surface area contributed by atoms with Crippen molar-refractivity contribution in [3.8, 4) is 17.2 Å². The lowest BCUT2D eigenvalue weighted by atomic mass is 9.90. The average Bonchev–Trinajstić information content (AvgIpc) is 3.26. The number of carbonyl (C=O) groups excluding carboxylic acids is 1. The van der Waals surface area contributed by atoms with Gasteiger partial charge in [-0.1, -0.05) is 24.3 Å². The summed E-state index contributed by atoms with van der Waals surface area (Å²) in [5, 5.41) is 0. The molecule has 2 aromatic heterocycles. The molecule has 0 aliphatic heterocycles. The van der Waals surface area contributed by atoms with E-state index < -0.39 is 0 Å². The second-order valence-electron chi connectivity index (χ2n) is 10.4. The molecule has 40 heavy (non-hydrogen) atoms. The van der Waals surface area contributed by atoms with Crippen LogP contribution in [0.5, 0.6) is 11.5 Å². The summed E-state index contributed by atoms with van der Waals surface area (Å²) in [5.41, 5.74) is 7.74. The lowest BCUT2D eigenvalue weighted by molar-refractivity contribution is -0.127. The first-order chi connectivity index (χ1) is 19.3. The summed E-state index contributed by atoms with van der Waals surface area (Å²) in [7, 11) is 5.78. The third kappa shape index (κ3) is 5.62. The standard InChI is InChI=1S/C30H35N7O3/c1-34(2)19-7-10-26(38)35(3)21-11-13-23(14-12-21)37-29-27(28(31)32-20-33-29)36(30(37)39)22-15-17-25(18-16-22)40-24-8-5-4-6-9-24/h4-10,15-18,20-21,23H,11-14,19H2,1-3H3,(H2,31,32,33)/b10-7+/t21-,23-. The quantitative estimate of drug-likeness (QED) is 0.336. The summed E-state index contributed by atoms with van der Waals surface area (Å²) in [6, 6.07) is 16.9. The van der Waals surface area contributed by atoms with Crippen LogP contribution in [0.2, 0.25) is 0 Å². The van der Waals surface area contributed by atoms with E-state index in [4.69, 9.17) is 10.5 Å². The van der Waals surface area contributed by atoms with Crippen molar-refractivity contribution in [2.24, 2.45) is 0 Å². The molecular formula is C30H35N7O3. The third-order valence-corrected chi connectivity index (χ3v) is 7.41. The highest BCUT2D eigenvalue weighted by atomic mass is 16.5. The van der Waals surface area contributed by atoms with Crippen molar-refractivity contribution < 1.29 is 9.53 Å². The number of hydrogen-bond acceptors (Lipinski definition) is 7. The normalized spacial score (nSPS) is 17.5. The molecule has 0 radical (unpaired) electrons. The molecular weight excluding hydrogens is 506 g/mol. The molecule has 1 amide bonds. The molecule has 0 spiro atoms. The number of hydrogen-bond donors (Lipinski definition) is 1. The summed E-state index contributed by atoms with van der Waals surface area (Å²) in [5.74, 6) is 1.63. The monoisotopic (exact) mass is 541 g/mol. The number of ether oxygens (including phenoxy) is 1. The van der Waals surface area contributed by atoms with Crippen molar-refractivity contribution in [1.29, 1.82) is 0 Å². The second-order valence-corrected chi connectivity index (χ2v) is 10.4. The Morgan fingerprint density at radius 3 is 2.35 bits per heavy atom. The number of anilines is 1. The lowest BCUT2D eigenvalue weighted by Gasteiger charge is -2.34. The van der Waals surface area contributed by atoms with E-state index in [0.29, 0.717) is 29.1 Å². The van der Waals surface area contributed by atoms with Crippen LogP contribution in [0.15, 0.2) is 77.9 Å². The van der Waals surface area contributed by atoms with Crippen LogP contribution < -0.4 is 16.2 Å². The van der Waals surface area contributed by atoms with Gasteiger partial charge in [-0.2, -0.15) is 0 Å². The maximum absolute atomic E-state index is 13.9. The number of likely N-dealkylation sites (N-methyl/N-ethyl adjacent to an activating group) is 2. The largest absolute Gasteiger partial charge is 0.457 e. The summed E-state index contributed by atoms with van der Waals surface area (Å²) < 4.78 is 9.24. The maximum atomic E-state index is 13.9. The first kappa shape index (κ1) is 27.1. The Hall–Kier alpha value is -4.44. The highest BCUT2D eigenvalue weighted by Gasteiger charge is 2.30. The maximum Gasteiger partial charge on any atom is 0.335 e. The van der Waals surface area contributed by atoms with Gasteiger partial charge in [0.15, 0.2) is 11.5 Å². The van der Waals surface area contributed by atoms with E-state index in [9.17, 15) is 9.59 Å². The first-order valence-electron chi connectivity index (χ1n) is 13.5. The molecule has 1 aliphatic carbocycles. The number of carbonyl (C=O) groups is 1. The zero-order chi connectivity index (χ0) is 28.2. The number of para-hydroxylation sites is 1. The van der Waals surface area contributed by atoms with Gasteiger partial charge in [-0.25, -0.2) is 14.8 Å².